The standard InChI is InChI=1S/C22H42N12O7/c23-11(5-7-15(24)35)17(37)32-12(3-1-9-30-21(26)27)18(38)33-13(6-8-16(25)36)19(39)34-14(20(40)41)4-2-10-31-22(28)29/h11-14H,1-10,23H2,(H2,24,35)(H2,25,36)(H,32,37)(H,33,38)(H,34,39)(H,40,41)(H4,26,27,30)(H4,28,29,31). The van der Waals surface area contributed by atoms with Gasteiger partial charge >= 0.3 is 5.97 Å². The van der Waals surface area contributed by atoms with Gasteiger partial charge in [0.2, 0.25) is 29.5 Å². The number of carbonyl (C=O) groups is 6. The molecule has 0 spiro atoms. The summed E-state index contributed by atoms with van der Waals surface area (Å²) in [6.07, 6.45) is -0.422. The molecule has 4 atom stereocenters. The quantitative estimate of drug-likeness (QED) is 0.0341. The van der Waals surface area contributed by atoms with Crippen LogP contribution in [0.2, 0.25) is 0 Å². The van der Waals surface area contributed by atoms with E-state index in [1.54, 1.807) is 0 Å². The van der Waals surface area contributed by atoms with Crippen molar-refractivity contribution in [2.45, 2.75) is 75.5 Å². The smallest absolute Gasteiger partial charge is 0.326 e. The van der Waals surface area contributed by atoms with E-state index in [1.165, 1.54) is 0 Å². The first-order chi connectivity index (χ1) is 19.1. The van der Waals surface area contributed by atoms with E-state index in [9.17, 15) is 33.9 Å². The Morgan fingerprint density at radius 3 is 1.41 bits per heavy atom. The van der Waals surface area contributed by atoms with Crippen molar-refractivity contribution in [1.82, 2.24) is 16.0 Å². The van der Waals surface area contributed by atoms with Gasteiger partial charge in [0.1, 0.15) is 18.1 Å². The molecule has 5 amide bonds. The monoisotopic (exact) mass is 586 g/mol. The molecular formula is C22H42N12O7. The number of carboxylic acid groups (broad SMARTS) is 1. The van der Waals surface area contributed by atoms with E-state index < -0.39 is 59.7 Å². The molecule has 232 valence electrons. The highest BCUT2D eigenvalue weighted by Gasteiger charge is 2.30. The van der Waals surface area contributed by atoms with E-state index >= 15 is 0 Å². The van der Waals surface area contributed by atoms with Gasteiger partial charge in [-0.05, 0) is 38.5 Å². The first kappa shape index (κ1) is 36.3. The average molecular weight is 587 g/mol. The highest BCUT2D eigenvalue weighted by atomic mass is 16.4. The van der Waals surface area contributed by atoms with Crippen LogP contribution in [0.3, 0.4) is 0 Å². The minimum atomic E-state index is -1.39. The first-order valence-corrected chi connectivity index (χ1v) is 12.7. The van der Waals surface area contributed by atoms with Crippen molar-refractivity contribution in [2.75, 3.05) is 13.1 Å². The molecule has 0 aromatic rings. The first-order valence-electron chi connectivity index (χ1n) is 12.7. The maximum atomic E-state index is 13.2. The molecule has 0 heterocycles. The molecule has 4 unspecified atom stereocenters. The summed E-state index contributed by atoms with van der Waals surface area (Å²) in [6.45, 7) is 0.230. The molecule has 19 nitrogen and oxygen atoms in total. The fraction of sp³-hybridized carbons (Fsp3) is 0.636. The number of nitrogens with two attached hydrogens (primary N) is 7. The number of nitrogens with one attached hydrogen (secondary N) is 3. The van der Waals surface area contributed by atoms with Crippen molar-refractivity contribution in [1.29, 1.82) is 0 Å². The van der Waals surface area contributed by atoms with Gasteiger partial charge in [0.05, 0.1) is 6.04 Å². The van der Waals surface area contributed by atoms with Crippen molar-refractivity contribution in [3.05, 3.63) is 0 Å². The Labute approximate surface area is 236 Å². The van der Waals surface area contributed by atoms with Crippen LogP contribution in [0.1, 0.15) is 51.4 Å². The number of guanidine groups is 2. The summed E-state index contributed by atoms with van der Waals surface area (Å²) >= 11 is 0. The van der Waals surface area contributed by atoms with E-state index in [4.69, 9.17) is 40.1 Å². The van der Waals surface area contributed by atoms with Gasteiger partial charge in [0, 0.05) is 25.9 Å². The summed E-state index contributed by atoms with van der Waals surface area (Å²) in [6, 6.07) is -5.16. The minimum Gasteiger partial charge on any atom is -0.480 e. The van der Waals surface area contributed by atoms with E-state index in [2.05, 4.69) is 25.9 Å². The van der Waals surface area contributed by atoms with Gasteiger partial charge in [-0.15, -0.1) is 0 Å². The summed E-state index contributed by atoms with van der Waals surface area (Å²) in [5.41, 5.74) is 37.1. The molecule has 0 aliphatic rings. The molecular weight excluding hydrogens is 544 g/mol. The Morgan fingerprint density at radius 1 is 0.585 bits per heavy atom. The van der Waals surface area contributed by atoms with Crippen molar-refractivity contribution in [2.24, 2.45) is 50.1 Å². The van der Waals surface area contributed by atoms with Crippen LogP contribution >= 0.6 is 0 Å². The lowest BCUT2D eigenvalue weighted by atomic mass is 10.0. The van der Waals surface area contributed by atoms with Crippen molar-refractivity contribution < 1.29 is 33.9 Å². The maximum absolute atomic E-state index is 13.2. The lowest BCUT2D eigenvalue weighted by Crippen LogP contribution is -2.57. The van der Waals surface area contributed by atoms with Crippen LogP contribution in [-0.2, 0) is 28.8 Å². The second-order valence-electron chi connectivity index (χ2n) is 9.04. The van der Waals surface area contributed by atoms with Crippen LogP contribution in [-0.4, -0.2) is 89.8 Å². The number of nitrogens with zero attached hydrogens (tertiary/aromatic N) is 2. The van der Waals surface area contributed by atoms with Crippen LogP contribution in [0.5, 0.6) is 0 Å². The number of carboxylic acids is 1. The predicted molar refractivity (Wildman–Crippen MR) is 148 cm³/mol. The third-order valence-corrected chi connectivity index (χ3v) is 5.49. The zero-order valence-electron chi connectivity index (χ0n) is 22.7. The summed E-state index contributed by atoms with van der Waals surface area (Å²) in [7, 11) is 0. The number of hydrogen-bond donors (Lipinski definition) is 11. The van der Waals surface area contributed by atoms with Crippen LogP contribution < -0.4 is 56.1 Å². The van der Waals surface area contributed by atoms with Gasteiger partial charge < -0.3 is 61.2 Å². The molecule has 0 fully saturated rings. The van der Waals surface area contributed by atoms with Gasteiger partial charge in [-0.3, -0.25) is 34.0 Å². The SMILES string of the molecule is NC(=O)CCC(N)C(=O)NC(CCCN=C(N)N)C(=O)NC(CCC(N)=O)C(=O)NC(CCCN=C(N)N)C(=O)O. The topological polar surface area (TPSA) is 366 Å². The number of hydrogen-bond acceptors (Lipinski definition) is 9. The summed E-state index contributed by atoms with van der Waals surface area (Å²) in [5.74, 6) is -5.66. The Morgan fingerprint density at radius 2 is 0.976 bits per heavy atom. The zero-order valence-corrected chi connectivity index (χ0v) is 22.7. The molecule has 41 heavy (non-hydrogen) atoms. The van der Waals surface area contributed by atoms with Crippen LogP contribution in [0.25, 0.3) is 0 Å². The fourth-order valence-corrected chi connectivity index (χ4v) is 3.34. The molecule has 0 aliphatic heterocycles. The molecule has 0 rings (SSSR count). The van der Waals surface area contributed by atoms with E-state index in [0.717, 1.165) is 0 Å². The number of aliphatic carboxylic acids is 1. The summed E-state index contributed by atoms with van der Waals surface area (Å²) in [5, 5.41) is 16.7. The Balaban J connectivity index is 5.69. The lowest BCUT2D eigenvalue weighted by Gasteiger charge is -2.25. The highest BCUT2D eigenvalue weighted by molar-refractivity contribution is 5.94. The third-order valence-electron chi connectivity index (χ3n) is 5.49. The van der Waals surface area contributed by atoms with E-state index in [0.29, 0.717) is 0 Å². The molecule has 18 N–H and O–H groups in total. The van der Waals surface area contributed by atoms with Crippen molar-refractivity contribution in [3.63, 3.8) is 0 Å². The Kier molecular flexibility index (Phi) is 17.2. The second kappa shape index (κ2) is 19.4. The van der Waals surface area contributed by atoms with Crippen LogP contribution in [0.4, 0.5) is 0 Å². The Bertz CT molecular complexity index is 980. The summed E-state index contributed by atoms with van der Waals surface area (Å²) in [4.78, 5) is 80.3. The highest BCUT2D eigenvalue weighted by Crippen LogP contribution is 2.06. The molecule has 0 bridgehead atoms. The maximum Gasteiger partial charge on any atom is 0.326 e. The predicted octanol–water partition coefficient (Wildman–Crippen LogP) is -5.51. The summed E-state index contributed by atoms with van der Waals surface area (Å²) < 4.78 is 0. The van der Waals surface area contributed by atoms with E-state index in [1.807, 2.05) is 0 Å². The second-order valence-corrected chi connectivity index (χ2v) is 9.04. The number of amides is 5. The van der Waals surface area contributed by atoms with Crippen molar-refractivity contribution in [3.8, 4) is 0 Å². The molecule has 0 radical (unpaired) electrons. The largest absolute Gasteiger partial charge is 0.480 e. The average Bonchev–Trinajstić information content (AvgIpc) is 2.87. The van der Waals surface area contributed by atoms with Gasteiger partial charge in [0.25, 0.3) is 0 Å². The molecule has 0 saturated carbocycles. The molecule has 0 aromatic carbocycles. The normalized spacial score (nSPS) is 13.4. The van der Waals surface area contributed by atoms with E-state index in [-0.39, 0.29) is 76.4 Å². The van der Waals surface area contributed by atoms with Crippen LogP contribution in [0.15, 0.2) is 9.98 Å². The van der Waals surface area contributed by atoms with Gasteiger partial charge in [-0.1, -0.05) is 0 Å². The number of rotatable bonds is 21. The van der Waals surface area contributed by atoms with Gasteiger partial charge in [0.15, 0.2) is 11.9 Å². The zero-order chi connectivity index (χ0) is 31.5. The third kappa shape index (κ3) is 17.5. The fourth-order valence-electron chi connectivity index (χ4n) is 3.34. The molecule has 0 aliphatic carbocycles. The van der Waals surface area contributed by atoms with Crippen molar-refractivity contribution >= 4 is 47.4 Å². The van der Waals surface area contributed by atoms with Crippen LogP contribution in [0, 0.1) is 0 Å². The van der Waals surface area contributed by atoms with Gasteiger partial charge in [-0.25, -0.2) is 4.79 Å². The molecule has 0 saturated heterocycles. The number of aliphatic imine (C=N–C) groups is 2. The molecule has 0 aromatic heterocycles. The number of carbonyl (C=O) groups excluding carboxylic acids is 5. The number of primary amides is 2. The Hall–Kier alpha value is -4.68. The van der Waals surface area contributed by atoms with Gasteiger partial charge in [-0.2, -0.15) is 0 Å². The molecule has 19 heteroatoms. The minimum absolute atomic E-state index is 0.00357. The lowest BCUT2D eigenvalue weighted by molar-refractivity contribution is -0.142.